The lowest BCUT2D eigenvalue weighted by Crippen LogP contribution is -1.88. The Morgan fingerprint density at radius 1 is 0.783 bits per heavy atom. The standard InChI is InChI=1S/C20H17NO2/c1-22-18-12-13-20(23-17-10-6-3-7-11-17)19(14-18)21-15-16-8-4-2-5-9-16/h2-15H,1H3. The second-order valence-corrected chi connectivity index (χ2v) is 4.92. The molecule has 0 atom stereocenters. The monoisotopic (exact) mass is 303 g/mol. The van der Waals surface area contributed by atoms with Gasteiger partial charge in [-0.15, -0.1) is 0 Å². The summed E-state index contributed by atoms with van der Waals surface area (Å²) in [6.45, 7) is 0. The molecular weight excluding hydrogens is 286 g/mol. The summed E-state index contributed by atoms with van der Waals surface area (Å²) in [7, 11) is 1.64. The Balaban J connectivity index is 1.91. The van der Waals surface area contributed by atoms with Crippen LogP contribution in [0.4, 0.5) is 5.69 Å². The van der Waals surface area contributed by atoms with Gasteiger partial charge in [0.2, 0.25) is 0 Å². The van der Waals surface area contributed by atoms with Crippen molar-refractivity contribution in [3.8, 4) is 17.2 Å². The van der Waals surface area contributed by atoms with Gasteiger partial charge < -0.3 is 9.47 Å². The Morgan fingerprint density at radius 3 is 2.17 bits per heavy atom. The summed E-state index contributed by atoms with van der Waals surface area (Å²) < 4.78 is 11.2. The maximum absolute atomic E-state index is 5.93. The van der Waals surface area contributed by atoms with Crippen molar-refractivity contribution in [1.82, 2.24) is 0 Å². The SMILES string of the molecule is COc1ccc(Oc2ccccc2)c(N=Cc2ccccc2)c1. The first kappa shape index (κ1) is 14.9. The molecule has 0 unspecified atom stereocenters. The van der Waals surface area contributed by atoms with Crippen LogP contribution in [0.1, 0.15) is 5.56 Å². The molecule has 3 heteroatoms. The van der Waals surface area contributed by atoms with Gasteiger partial charge in [-0.1, -0.05) is 48.5 Å². The molecule has 0 heterocycles. The highest BCUT2D eigenvalue weighted by molar-refractivity contribution is 5.82. The van der Waals surface area contributed by atoms with Crippen molar-refractivity contribution < 1.29 is 9.47 Å². The van der Waals surface area contributed by atoms with Gasteiger partial charge in [-0.3, -0.25) is 4.99 Å². The Kier molecular flexibility index (Phi) is 4.69. The zero-order chi connectivity index (χ0) is 15.9. The van der Waals surface area contributed by atoms with Gasteiger partial charge in [0.25, 0.3) is 0 Å². The molecule has 0 aliphatic carbocycles. The van der Waals surface area contributed by atoms with Gasteiger partial charge in [-0.2, -0.15) is 0 Å². The van der Waals surface area contributed by atoms with E-state index in [0.29, 0.717) is 5.75 Å². The average molecular weight is 303 g/mol. The lowest BCUT2D eigenvalue weighted by molar-refractivity contribution is 0.413. The summed E-state index contributed by atoms with van der Waals surface area (Å²) in [5, 5.41) is 0. The van der Waals surface area contributed by atoms with Crippen LogP contribution in [0.3, 0.4) is 0 Å². The van der Waals surface area contributed by atoms with Crippen molar-refractivity contribution in [2.24, 2.45) is 4.99 Å². The molecule has 0 aliphatic heterocycles. The Labute approximate surface area is 135 Å². The number of rotatable bonds is 5. The number of benzene rings is 3. The van der Waals surface area contributed by atoms with Crippen LogP contribution in [0.15, 0.2) is 83.9 Å². The van der Waals surface area contributed by atoms with Crippen molar-refractivity contribution in [1.29, 1.82) is 0 Å². The molecule has 3 aromatic rings. The third-order valence-electron chi connectivity index (χ3n) is 3.29. The van der Waals surface area contributed by atoms with Gasteiger partial charge in [0.1, 0.15) is 17.2 Å². The lowest BCUT2D eigenvalue weighted by atomic mass is 10.2. The molecule has 23 heavy (non-hydrogen) atoms. The topological polar surface area (TPSA) is 30.8 Å². The summed E-state index contributed by atoms with van der Waals surface area (Å²) in [6, 6.07) is 25.2. The Bertz CT molecular complexity index is 783. The fraction of sp³-hybridized carbons (Fsp3) is 0.0500. The predicted octanol–water partition coefficient (Wildman–Crippen LogP) is 5.24. The number of para-hydroxylation sites is 1. The minimum Gasteiger partial charge on any atom is -0.497 e. The predicted molar refractivity (Wildman–Crippen MR) is 93.2 cm³/mol. The van der Waals surface area contributed by atoms with E-state index < -0.39 is 0 Å². The number of hydrogen-bond donors (Lipinski definition) is 0. The number of nitrogens with zero attached hydrogens (tertiary/aromatic N) is 1. The van der Waals surface area contributed by atoms with Crippen LogP contribution in [0.25, 0.3) is 0 Å². The lowest BCUT2D eigenvalue weighted by Gasteiger charge is -2.10. The molecule has 3 rings (SSSR count). The molecule has 0 radical (unpaired) electrons. The van der Waals surface area contributed by atoms with E-state index in [9.17, 15) is 0 Å². The van der Waals surface area contributed by atoms with Crippen LogP contribution in [-0.2, 0) is 0 Å². The second kappa shape index (κ2) is 7.27. The zero-order valence-corrected chi connectivity index (χ0v) is 12.8. The summed E-state index contributed by atoms with van der Waals surface area (Å²) >= 11 is 0. The number of hydrogen-bond acceptors (Lipinski definition) is 3. The van der Waals surface area contributed by atoms with Crippen molar-refractivity contribution in [3.05, 3.63) is 84.4 Å². The molecule has 0 bridgehead atoms. The molecule has 0 N–H and O–H groups in total. The highest BCUT2D eigenvalue weighted by atomic mass is 16.5. The molecule has 3 aromatic carbocycles. The Hall–Kier alpha value is -3.07. The van der Waals surface area contributed by atoms with Gasteiger partial charge in [-0.25, -0.2) is 0 Å². The normalized spacial score (nSPS) is 10.7. The number of aliphatic imine (C=N–C) groups is 1. The van der Waals surface area contributed by atoms with Gasteiger partial charge in [0.05, 0.1) is 7.11 Å². The van der Waals surface area contributed by atoms with E-state index in [1.54, 1.807) is 7.11 Å². The van der Waals surface area contributed by atoms with Crippen molar-refractivity contribution in [2.45, 2.75) is 0 Å². The van der Waals surface area contributed by atoms with Crippen LogP contribution in [0.5, 0.6) is 17.2 Å². The van der Waals surface area contributed by atoms with Gasteiger partial charge in [0.15, 0.2) is 5.75 Å². The first-order valence-electron chi connectivity index (χ1n) is 7.35. The third kappa shape index (κ3) is 3.98. The van der Waals surface area contributed by atoms with Gasteiger partial charge >= 0.3 is 0 Å². The van der Waals surface area contributed by atoms with Crippen LogP contribution in [0.2, 0.25) is 0 Å². The fourth-order valence-corrected chi connectivity index (χ4v) is 2.11. The smallest absolute Gasteiger partial charge is 0.153 e. The van der Waals surface area contributed by atoms with Crippen LogP contribution < -0.4 is 9.47 Å². The van der Waals surface area contributed by atoms with Gasteiger partial charge in [0, 0.05) is 12.3 Å². The molecule has 0 amide bonds. The molecule has 0 fully saturated rings. The average Bonchev–Trinajstić information content (AvgIpc) is 2.62. The maximum Gasteiger partial charge on any atom is 0.153 e. The van der Waals surface area contributed by atoms with E-state index in [1.807, 2.05) is 85.1 Å². The van der Waals surface area contributed by atoms with E-state index in [4.69, 9.17) is 9.47 Å². The summed E-state index contributed by atoms with van der Waals surface area (Å²) in [4.78, 5) is 4.55. The highest BCUT2D eigenvalue weighted by Crippen LogP contribution is 2.34. The maximum atomic E-state index is 5.93. The van der Waals surface area contributed by atoms with Crippen LogP contribution >= 0.6 is 0 Å². The molecule has 0 aliphatic rings. The largest absolute Gasteiger partial charge is 0.497 e. The van der Waals surface area contributed by atoms with Gasteiger partial charge in [-0.05, 0) is 29.8 Å². The van der Waals surface area contributed by atoms with Crippen LogP contribution in [-0.4, -0.2) is 13.3 Å². The van der Waals surface area contributed by atoms with E-state index in [-0.39, 0.29) is 0 Å². The van der Waals surface area contributed by atoms with Crippen molar-refractivity contribution >= 4 is 11.9 Å². The molecule has 0 aromatic heterocycles. The van der Waals surface area contributed by atoms with Crippen molar-refractivity contribution in [2.75, 3.05) is 7.11 Å². The quantitative estimate of drug-likeness (QED) is 0.604. The summed E-state index contributed by atoms with van der Waals surface area (Å²) in [6.07, 6.45) is 1.81. The molecule has 0 saturated carbocycles. The second-order valence-electron chi connectivity index (χ2n) is 4.92. The molecule has 0 spiro atoms. The minimum absolute atomic E-state index is 0.684. The first-order chi connectivity index (χ1) is 11.3. The number of methoxy groups -OCH3 is 1. The summed E-state index contributed by atoms with van der Waals surface area (Å²) in [5.41, 5.74) is 1.75. The highest BCUT2D eigenvalue weighted by Gasteiger charge is 2.06. The fourth-order valence-electron chi connectivity index (χ4n) is 2.11. The van der Waals surface area contributed by atoms with E-state index >= 15 is 0 Å². The molecule has 0 saturated heterocycles. The first-order valence-corrected chi connectivity index (χ1v) is 7.35. The molecule has 114 valence electrons. The molecular formula is C20H17NO2. The van der Waals surface area contributed by atoms with Crippen molar-refractivity contribution in [3.63, 3.8) is 0 Å². The minimum atomic E-state index is 0.684. The zero-order valence-electron chi connectivity index (χ0n) is 12.8. The van der Waals surface area contributed by atoms with E-state index in [2.05, 4.69) is 4.99 Å². The summed E-state index contributed by atoms with van der Waals surface area (Å²) in [5.74, 6) is 2.20. The van der Waals surface area contributed by atoms with Crippen LogP contribution in [0, 0.1) is 0 Å². The third-order valence-corrected chi connectivity index (χ3v) is 3.29. The number of ether oxygens (including phenoxy) is 2. The molecule has 3 nitrogen and oxygen atoms in total. The van der Waals surface area contributed by atoms with E-state index in [1.165, 1.54) is 0 Å². The Morgan fingerprint density at radius 2 is 1.48 bits per heavy atom. The van der Waals surface area contributed by atoms with E-state index in [0.717, 1.165) is 22.7 Å².